The zero-order valence-electron chi connectivity index (χ0n) is 19.7. The minimum absolute atomic E-state index is 0.322. The van der Waals surface area contributed by atoms with Gasteiger partial charge in [-0.15, -0.1) is 0 Å². The van der Waals surface area contributed by atoms with E-state index < -0.39 is 17.9 Å². The highest BCUT2D eigenvalue weighted by atomic mass is 35.5. The molecule has 3 aromatic rings. The number of hydrogen-bond acceptors (Lipinski definition) is 5. The van der Waals surface area contributed by atoms with Crippen LogP contribution in [0.4, 0.5) is 5.82 Å². The number of ether oxygens (including phenoxy) is 1. The number of rotatable bonds is 10. The first-order valence-electron chi connectivity index (χ1n) is 11.3. The number of hydrogen-bond donors (Lipinski definition) is 2. The summed E-state index contributed by atoms with van der Waals surface area (Å²) in [5.41, 5.74) is 4.31. The van der Waals surface area contributed by atoms with Gasteiger partial charge >= 0.3 is 5.97 Å². The predicted molar refractivity (Wildman–Crippen MR) is 135 cm³/mol. The number of esters is 1. The van der Waals surface area contributed by atoms with Gasteiger partial charge in [-0.05, 0) is 61.1 Å². The van der Waals surface area contributed by atoms with Gasteiger partial charge in [0.2, 0.25) is 0 Å². The molecular formula is C27H30ClN3O3. The molecule has 2 aromatic carbocycles. The second-order valence-corrected chi connectivity index (χ2v) is 8.53. The summed E-state index contributed by atoms with van der Waals surface area (Å²) in [5, 5.41) is 6.19. The van der Waals surface area contributed by atoms with Crippen LogP contribution in [0.1, 0.15) is 39.2 Å². The van der Waals surface area contributed by atoms with Gasteiger partial charge in [0.25, 0.3) is 5.91 Å². The van der Waals surface area contributed by atoms with E-state index in [9.17, 15) is 9.59 Å². The first-order chi connectivity index (χ1) is 16.4. The monoisotopic (exact) mass is 479 g/mol. The molecule has 1 atom stereocenters. The Labute approximate surface area is 205 Å². The van der Waals surface area contributed by atoms with Crippen LogP contribution in [0.3, 0.4) is 0 Å². The lowest BCUT2D eigenvalue weighted by Crippen LogP contribution is -2.43. The van der Waals surface area contributed by atoms with Crippen molar-refractivity contribution in [2.75, 3.05) is 19.5 Å². The number of benzene rings is 2. The van der Waals surface area contributed by atoms with E-state index in [1.165, 1.54) is 12.7 Å². The molecule has 34 heavy (non-hydrogen) atoms. The van der Waals surface area contributed by atoms with Gasteiger partial charge in [0.05, 0.1) is 17.7 Å². The van der Waals surface area contributed by atoms with E-state index in [0.29, 0.717) is 17.0 Å². The molecule has 1 unspecified atom stereocenters. The molecule has 178 valence electrons. The smallest absolute Gasteiger partial charge is 0.328 e. The van der Waals surface area contributed by atoms with Crippen molar-refractivity contribution in [2.24, 2.45) is 0 Å². The number of nitrogens with one attached hydrogen (secondary N) is 2. The number of carbonyl (C=O) groups excluding carboxylic acids is 2. The number of nitrogens with zero attached hydrogens (tertiary/aromatic N) is 1. The summed E-state index contributed by atoms with van der Waals surface area (Å²) in [5.74, 6) is -0.0247. The molecule has 0 saturated carbocycles. The third-order valence-electron chi connectivity index (χ3n) is 5.66. The SMILES string of the molecule is CNc1cccc(CCCc2ccc(CC(NC(=O)c3c(C)cccc3Cl)C(=O)OC)cc2)n1. The van der Waals surface area contributed by atoms with Crippen molar-refractivity contribution >= 4 is 29.3 Å². The van der Waals surface area contributed by atoms with Crippen LogP contribution in [0.2, 0.25) is 5.02 Å². The Kier molecular flexibility index (Phi) is 9.05. The molecule has 0 aliphatic heterocycles. The molecule has 7 heteroatoms. The van der Waals surface area contributed by atoms with Gasteiger partial charge in [-0.25, -0.2) is 9.78 Å². The molecule has 0 saturated heterocycles. The second-order valence-electron chi connectivity index (χ2n) is 8.12. The van der Waals surface area contributed by atoms with E-state index in [-0.39, 0.29) is 0 Å². The van der Waals surface area contributed by atoms with E-state index in [1.807, 2.05) is 37.4 Å². The molecular weight excluding hydrogens is 450 g/mol. The van der Waals surface area contributed by atoms with Crippen molar-refractivity contribution in [3.63, 3.8) is 0 Å². The van der Waals surface area contributed by atoms with Gasteiger partial charge in [0, 0.05) is 19.2 Å². The lowest BCUT2D eigenvalue weighted by Gasteiger charge is -2.18. The second kappa shape index (κ2) is 12.2. The average Bonchev–Trinajstić information content (AvgIpc) is 2.84. The lowest BCUT2D eigenvalue weighted by atomic mass is 10.0. The molecule has 0 aliphatic carbocycles. The third kappa shape index (κ3) is 6.81. The van der Waals surface area contributed by atoms with E-state index >= 15 is 0 Å². The molecule has 1 aromatic heterocycles. The summed E-state index contributed by atoms with van der Waals surface area (Å²) in [6, 6.07) is 18.5. The molecule has 1 amide bonds. The van der Waals surface area contributed by atoms with Crippen molar-refractivity contribution < 1.29 is 14.3 Å². The highest BCUT2D eigenvalue weighted by molar-refractivity contribution is 6.34. The van der Waals surface area contributed by atoms with E-state index in [4.69, 9.17) is 16.3 Å². The summed E-state index contributed by atoms with van der Waals surface area (Å²) in [7, 11) is 3.17. The fraction of sp³-hybridized carbons (Fsp3) is 0.296. The van der Waals surface area contributed by atoms with Gasteiger partial charge in [-0.3, -0.25) is 4.79 Å². The van der Waals surface area contributed by atoms with E-state index in [2.05, 4.69) is 27.8 Å². The number of aryl methyl sites for hydroxylation is 3. The van der Waals surface area contributed by atoms with Crippen LogP contribution in [-0.4, -0.2) is 37.1 Å². The van der Waals surface area contributed by atoms with Crippen molar-refractivity contribution in [3.8, 4) is 0 Å². The maximum Gasteiger partial charge on any atom is 0.328 e. The molecule has 0 radical (unpaired) electrons. The number of methoxy groups -OCH3 is 1. The Balaban J connectivity index is 1.60. The van der Waals surface area contributed by atoms with Gasteiger partial charge in [-0.1, -0.05) is 54.1 Å². The van der Waals surface area contributed by atoms with Crippen LogP contribution in [0.5, 0.6) is 0 Å². The van der Waals surface area contributed by atoms with Crippen LogP contribution in [0, 0.1) is 6.92 Å². The van der Waals surface area contributed by atoms with E-state index in [1.54, 1.807) is 25.1 Å². The number of aromatic nitrogens is 1. The highest BCUT2D eigenvalue weighted by Gasteiger charge is 2.24. The maximum absolute atomic E-state index is 12.8. The third-order valence-corrected chi connectivity index (χ3v) is 5.98. The molecule has 3 rings (SSSR count). The summed E-state index contributed by atoms with van der Waals surface area (Å²) in [4.78, 5) is 29.7. The summed E-state index contributed by atoms with van der Waals surface area (Å²) in [6.45, 7) is 1.81. The van der Waals surface area contributed by atoms with Gasteiger partial charge in [-0.2, -0.15) is 0 Å². The van der Waals surface area contributed by atoms with Crippen LogP contribution in [-0.2, 0) is 28.8 Å². The molecule has 2 N–H and O–H groups in total. The topological polar surface area (TPSA) is 80.3 Å². The standard InChI is InChI=1S/C27H30ClN3O3/c1-18-7-4-11-22(28)25(18)26(32)31-23(27(33)34-3)17-20-15-13-19(14-16-20)8-5-9-21-10-6-12-24(29-2)30-21/h4,6-7,10-16,23H,5,8-9,17H2,1-3H3,(H,29,30)(H,31,32). The average molecular weight is 480 g/mol. The Bertz CT molecular complexity index is 1110. The van der Waals surface area contributed by atoms with Crippen molar-refractivity contribution in [2.45, 2.75) is 38.6 Å². The summed E-state index contributed by atoms with van der Waals surface area (Å²) in [6.07, 6.45) is 3.13. The van der Waals surface area contributed by atoms with E-state index in [0.717, 1.165) is 41.9 Å². The Morgan fingerprint density at radius 3 is 2.38 bits per heavy atom. The first kappa shape index (κ1) is 25.2. The zero-order chi connectivity index (χ0) is 24.5. The molecule has 0 fully saturated rings. The minimum Gasteiger partial charge on any atom is -0.467 e. The molecule has 0 bridgehead atoms. The van der Waals surface area contributed by atoms with Gasteiger partial charge in [0.1, 0.15) is 11.9 Å². The lowest BCUT2D eigenvalue weighted by molar-refractivity contribution is -0.142. The molecule has 1 heterocycles. The fourth-order valence-electron chi connectivity index (χ4n) is 3.79. The minimum atomic E-state index is -0.815. The summed E-state index contributed by atoms with van der Waals surface area (Å²) >= 11 is 6.21. The summed E-state index contributed by atoms with van der Waals surface area (Å²) < 4.78 is 4.92. The number of carbonyl (C=O) groups is 2. The maximum atomic E-state index is 12.8. The molecule has 0 aliphatic rings. The number of amides is 1. The highest BCUT2D eigenvalue weighted by Crippen LogP contribution is 2.20. The zero-order valence-corrected chi connectivity index (χ0v) is 20.5. The van der Waals surface area contributed by atoms with Gasteiger partial charge < -0.3 is 15.4 Å². The van der Waals surface area contributed by atoms with Crippen LogP contribution in [0.25, 0.3) is 0 Å². The number of pyridine rings is 1. The Morgan fingerprint density at radius 1 is 1.00 bits per heavy atom. The number of anilines is 1. The van der Waals surface area contributed by atoms with Crippen molar-refractivity contribution in [1.82, 2.24) is 10.3 Å². The quantitative estimate of drug-likeness (QED) is 0.409. The first-order valence-corrected chi connectivity index (χ1v) is 11.6. The van der Waals surface area contributed by atoms with Crippen molar-refractivity contribution in [3.05, 3.63) is 93.6 Å². The normalized spacial score (nSPS) is 11.5. The van der Waals surface area contributed by atoms with Gasteiger partial charge in [0.15, 0.2) is 0 Å². The van der Waals surface area contributed by atoms with Crippen LogP contribution < -0.4 is 10.6 Å². The van der Waals surface area contributed by atoms with Crippen LogP contribution in [0.15, 0.2) is 60.7 Å². The van der Waals surface area contributed by atoms with Crippen LogP contribution >= 0.6 is 11.6 Å². The molecule has 0 spiro atoms. The predicted octanol–water partition coefficient (Wildman–Crippen LogP) is 4.77. The molecule has 6 nitrogen and oxygen atoms in total. The Hall–Kier alpha value is -3.38. The largest absolute Gasteiger partial charge is 0.467 e. The number of halogens is 1. The Morgan fingerprint density at radius 2 is 1.71 bits per heavy atom. The fourth-order valence-corrected chi connectivity index (χ4v) is 4.10. The van der Waals surface area contributed by atoms with Crippen molar-refractivity contribution in [1.29, 1.82) is 0 Å².